The van der Waals surface area contributed by atoms with Gasteiger partial charge in [0.05, 0.1) is 0 Å². The Morgan fingerprint density at radius 1 is 1.22 bits per heavy atom. The van der Waals surface area contributed by atoms with Gasteiger partial charge in [-0.15, -0.1) is 0 Å². The van der Waals surface area contributed by atoms with Crippen LogP contribution < -0.4 is 9.47 Å². The van der Waals surface area contributed by atoms with Crippen molar-refractivity contribution in [1.82, 2.24) is 0 Å². The number of rotatable bonds is 4. The minimum Gasteiger partial charge on any atom is -0.487 e. The first-order valence-corrected chi connectivity index (χ1v) is 8.44. The molecule has 0 aromatic heterocycles. The molecule has 0 saturated heterocycles. The van der Waals surface area contributed by atoms with Gasteiger partial charge in [-0.1, -0.05) is 19.1 Å². The number of carbonyl (C=O) groups excluding carboxylic acids is 1. The first-order valence-electron chi connectivity index (χ1n) is 8.44. The normalized spacial score (nSPS) is 20.3. The van der Waals surface area contributed by atoms with E-state index in [2.05, 4.69) is 26.0 Å². The highest BCUT2D eigenvalue weighted by atomic mass is 16.5. The second-order valence-electron chi connectivity index (χ2n) is 6.74. The van der Waals surface area contributed by atoms with E-state index in [4.69, 9.17) is 9.47 Å². The van der Waals surface area contributed by atoms with Crippen LogP contribution in [-0.2, 0) is 11.2 Å². The van der Waals surface area contributed by atoms with Gasteiger partial charge in [0.15, 0.2) is 0 Å². The number of allylic oxidation sites excluding steroid dienone is 1. The predicted molar refractivity (Wildman–Crippen MR) is 93.4 cm³/mol. The number of carbonyl (C=O) groups is 1. The summed E-state index contributed by atoms with van der Waals surface area (Å²) in [5.74, 6) is 1.41. The van der Waals surface area contributed by atoms with Crippen LogP contribution in [0.15, 0.2) is 12.2 Å². The summed E-state index contributed by atoms with van der Waals surface area (Å²) in [6.07, 6.45) is 8.30. The lowest BCUT2D eigenvalue weighted by Crippen LogP contribution is -2.36. The van der Waals surface area contributed by atoms with Crippen LogP contribution in [0.1, 0.15) is 62.3 Å². The van der Waals surface area contributed by atoms with Crippen molar-refractivity contribution < 1.29 is 14.3 Å². The van der Waals surface area contributed by atoms with Crippen molar-refractivity contribution in [2.45, 2.75) is 72.8 Å². The first kappa shape index (κ1) is 17.6. The number of hydrogen-bond acceptors (Lipinski definition) is 3. The van der Waals surface area contributed by atoms with Crippen molar-refractivity contribution >= 4 is 5.97 Å². The van der Waals surface area contributed by atoms with Crippen LogP contribution >= 0.6 is 0 Å². The Bertz CT molecular complexity index is 643. The van der Waals surface area contributed by atoms with Crippen LogP contribution in [0, 0.1) is 20.8 Å². The maximum Gasteiger partial charge on any atom is 0.308 e. The predicted octanol–water partition coefficient (Wildman–Crippen LogP) is 4.98. The smallest absolute Gasteiger partial charge is 0.308 e. The Kier molecular flexibility index (Phi) is 5.18. The lowest BCUT2D eigenvalue weighted by Gasteiger charge is -2.37. The Morgan fingerprint density at radius 3 is 2.52 bits per heavy atom. The third kappa shape index (κ3) is 3.60. The molecule has 0 bridgehead atoms. The first-order chi connectivity index (χ1) is 10.8. The molecule has 1 aliphatic rings. The maximum atomic E-state index is 11.4. The van der Waals surface area contributed by atoms with Gasteiger partial charge < -0.3 is 9.47 Å². The average molecular weight is 316 g/mol. The molecule has 0 N–H and O–H groups in total. The van der Waals surface area contributed by atoms with E-state index in [1.165, 1.54) is 12.5 Å². The van der Waals surface area contributed by atoms with Crippen molar-refractivity contribution in [3.05, 3.63) is 34.4 Å². The molecule has 0 spiro atoms. The lowest BCUT2D eigenvalue weighted by molar-refractivity contribution is -0.132. The molecule has 0 fully saturated rings. The molecule has 126 valence electrons. The largest absolute Gasteiger partial charge is 0.487 e. The number of esters is 1. The van der Waals surface area contributed by atoms with Crippen molar-refractivity contribution in [3.8, 4) is 11.5 Å². The molecule has 1 aromatic carbocycles. The molecule has 2 rings (SSSR count). The second kappa shape index (κ2) is 6.77. The van der Waals surface area contributed by atoms with Gasteiger partial charge in [-0.25, -0.2) is 0 Å². The molecule has 1 heterocycles. The van der Waals surface area contributed by atoms with E-state index < -0.39 is 0 Å². The monoisotopic (exact) mass is 316 g/mol. The topological polar surface area (TPSA) is 35.5 Å². The third-order valence-corrected chi connectivity index (χ3v) is 4.76. The Hall–Kier alpha value is -1.77. The minimum atomic E-state index is -0.276. The fraction of sp³-hybridized carbons (Fsp3) is 0.550. The van der Waals surface area contributed by atoms with Gasteiger partial charge in [-0.2, -0.15) is 0 Å². The van der Waals surface area contributed by atoms with E-state index in [1.54, 1.807) is 0 Å². The number of benzene rings is 1. The number of ether oxygens (including phenoxy) is 2. The SMILES string of the molecule is CC/C=C/C[C@]1(C)CCc2c(C)c(OC(C)=O)c(C)c(C)c2O1. The molecule has 0 saturated carbocycles. The van der Waals surface area contributed by atoms with E-state index in [-0.39, 0.29) is 11.6 Å². The summed E-state index contributed by atoms with van der Waals surface area (Å²) in [4.78, 5) is 11.4. The van der Waals surface area contributed by atoms with Crippen molar-refractivity contribution in [3.63, 3.8) is 0 Å². The van der Waals surface area contributed by atoms with Gasteiger partial charge in [0.1, 0.15) is 17.1 Å². The molecule has 0 radical (unpaired) electrons. The van der Waals surface area contributed by atoms with Gasteiger partial charge in [-0.3, -0.25) is 4.79 Å². The van der Waals surface area contributed by atoms with E-state index in [1.807, 2.05) is 20.8 Å². The molecule has 0 aliphatic carbocycles. The average Bonchev–Trinajstić information content (AvgIpc) is 2.49. The van der Waals surface area contributed by atoms with Gasteiger partial charge in [0.25, 0.3) is 0 Å². The van der Waals surface area contributed by atoms with Crippen molar-refractivity contribution in [2.24, 2.45) is 0 Å². The summed E-state index contributed by atoms with van der Waals surface area (Å²) >= 11 is 0. The lowest BCUT2D eigenvalue weighted by atomic mass is 9.85. The highest BCUT2D eigenvalue weighted by molar-refractivity contribution is 5.72. The summed E-state index contributed by atoms with van der Waals surface area (Å²) in [6, 6.07) is 0. The van der Waals surface area contributed by atoms with Crippen LogP contribution in [0.4, 0.5) is 0 Å². The molecule has 0 amide bonds. The molecule has 0 unspecified atom stereocenters. The zero-order valence-electron chi connectivity index (χ0n) is 15.2. The van der Waals surface area contributed by atoms with E-state index in [9.17, 15) is 4.79 Å². The molecular formula is C20H28O3. The van der Waals surface area contributed by atoms with E-state index >= 15 is 0 Å². The summed E-state index contributed by atoms with van der Waals surface area (Å²) in [5, 5.41) is 0. The number of hydrogen-bond donors (Lipinski definition) is 0. The van der Waals surface area contributed by atoms with Crippen molar-refractivity contribution in [1.29, 1.82) is 0 Å². The minimum absolute atomic E-state index is 0.161. The third-order valence-electron chi connectivity index (χ3n) is 4.76. The molecule has 3 nitrogen and oxygen atoms in total. The fourth-order valence-electron chi connectivity index (χ4n) is 3.22. The van der Waals surface area contributed by atoms with E-state index in [0.29, 0.717) is 5.75 Å². The zero-order chi connectivity index (χ0) is 17.2. The quantitative estimate of drug-likeness (QED) is 0.446. The highest BCUT2D eigenvalue weighted by Gasteiger charge is 2.34. The van der Waals surface area contributed by atoms with Crippen molar-refractivity contribution in [2.75, 3.05) is 0 Å². The van der Waals surface area contributed by atoms with Gasteiger partial charge in [-0.05, 0) is 63.6 Å². The summed E-state index contributed by atoms with van der Waals surface area (Å²) < 4.78 is 11.9. The Balaban J connectivity index is 2.41. The van der Waals surface area contributed by atoms with Crippen LogP contribution in [-0.4, -0.2) is 11.6 Å². The van der Waals surface area contributed by atoms with Crippen LogP contribution in [0.2, 0.25) is 0 Å². The second-order valence-corrected chi connectivity index (χ2v) is 6.74. The van der Waals surface area contributed by atoms with Crippen LogP contribution in [0.5, 0.6) is 11.5 Å². The van der Waals surface area contributed by atoms with Gasteiger partial charge in [0, 0.05) is 18.9 Å². The van der Waals surface area contributed by atoms with Crippen LogP contribution in [0.3, 0.4) is 0 Å². The molecule has 23 heavy (non-hydrogen) atoms. The standard InChI is InChI=1S/C20H28O3/c1-7-8-9-11-20(6)12-10-17-15(4)18(22-16(5)21)13(2)14(3)19(17)23-20/h8-9H,7,10-12H2,1-6H3/b9-8+/t20-/m1/s1. The number of fused-ring (bicyclic) bond motifs is 1. The summed E-state index contributed by atoms with van der Waals surface area (Å²) in [5.41, 5.74) is 4.12. The zero-order valence-corrected chi connectivity index (χ0v) is 15.2. The Labute approximate surface area is 139 Å². The molecule has 3 heteroatoms. The molecule has 1 aromatic rings. The fourth-order valence-corrected chi connectivity index (χ4v) is 3.22. The van der Waals surface area contributed by atoms with Crippen LogP contribution in [0.25, 0.3) is 0 Å². The summed E-state index contributed by atoms with van der Waals surface area (Å²) in [7, 11) is 0. The Morgan fingerprint density at radius 2 is 1.91 bits per heavy atom. The molecular weight excluding hydrogens is 288 g/mol. The van der Waals surface area contributed by atoms with Gasteiger partial charge >= 0.3 is 5.97 Å². The maximum absolute atomic E-state index is 11.4. The highest BCUT2D eigenvalue weighted by Crippen LogP contribution is 2.44. The molecule has 1 aliphatic heterocycles. The molecule has 1 atom stereocenters. The van der Waals surface area contributed by atoms with Gasteiger partial charge in [0.2, 0.25) is 0 Å². The van der Waals surface area contributed by atoms with E-state index in [0.717, 1.165) is 48.1 Å². The summed E-state index contributed by atoms with van der Waals surface area (Å²) in [6.45, 7) is 11.8.